The van der Waals surface area contributed by atoms with E-state index in [2.05, 4.69) is 30.9 Å². The summed E-state index contributed by atoms with van der Waals surface area (Å²) >= 11 is 11.9. The largest absolute Gasteiger partial charge is 0.458 e. The van der Waals surface area contributed by atoms with Crippen molar-refractivity contribution >= 4 is 35.2 Å². The summed E-state index contributed by atoms with van der Waals surface area (Å²) < 4.78 is 5.27. The minimum absolute atomic E-state index is 0.239. The van der Waals surface area contributed by atoms with Gasteiger partial charge in [-0.2, -0.15) is 0 Å². The van der Waals surface area contributed by atoms with Crippen molar-refractivity contribution in [3.8, 4) is 0 Å². The first-order chi connectivity index (χ1) is 12.5. The van der Waals surface area contributed by atoms with Gasteiger partial charge in [-0.25, -0.2) is 4.79 Å². The maximum absolute atomic E-state index is 11.9. The number of carbonyl (C=O) groups excluding carboxylic acids is 1. The molecule has 0 aliphatic heterocycles. The smallest absolute Gasteiger partial charge is 0.331 e. The van der Waals surface area contributed by atoms with Crippen LogP contribution in [0.4, 0.5) is 0 Å². The predicted molar refractivity (Wildman–Crippen MR) is 108 cm³/mol. The molecule has 2 aromatic rings. The Kier molecular flexibility index (Phi) is 8.17. The molecule has 0 N–H and O–H groups in total. The number of esters is 1. The van der Waals surface area contributed by atoms with E-state index in [1.165, 1.54) is 11.6 Å². The van der Waals surface area contributed by atoms with Gasteiger partial charge >= 0.3 is 5.97 Å². The highest BCUT2D eigenvalue weighted by molar-refractivity contribution is 6.35. The first-order valence-corrected chi connectivity index (χ1v) is 9.37. The third-order valence-electron chi connectivity index (χ3n) is 4.07. The second-order valence-corrected chi connectivity index (χ2v) is 6.73. The van der Waals surface area contributed by atoms with Gasteiger partial charge in [-0.15, -0.1) is 0 Å². The van der Waals surface area contributed by atoms with E-state index in [1.54, 1.807) is 24.3 Å². The molecule has 138 valence electrons. The van der Waals surface area contributed by atoms with Crippen LogP contribution in [-0.2, 0) is 22.7 Å². The molecule has 0 aliphatic rings. The first kappa shape index (κ1) is 20.5. The van der Waals surface area contributed by atoms with E-state index in [0.717, 1.165) is 25.2 Å². The van der Waals surface area contributed by atoms with E-state index in [0.29, 0.717) is 15.6 Å². The number of benzene rings is 2. The molecule has 0 aromatic heterocycles. The lowest BCUT2D eigenvalue weighted by molar-refractivity contribution is -0.138. The standard InChI is InChI=1S/C21H23Cl2NO2/c1-3-24(4-2)14-16-5-7-17(8-6-16)15-26-21(25)12-10-18-9-11-19(22)13-20(18)23/h5-13H,3-4,14-15H2,1-2H3/b12-10+. The lowest BCUT2D eigenvalue weighted by Gasteiger charge is -2.18. The van der Waals surface area contributed by atoms with Crippen LogP contribution in [0.25, 0.3) is 6.08 Å². The fraction of sp³-hybridized carbons (Fsp3) is 0.286. The quantitative estimate of drug-likeness (QED) is 0.433. The SMILES string of the molecule is CCN(CC)Cc1ccc(COC(=O)/C=C/c2ccc(Cl)cc2Cl)cc1. The van der Waals surface area contributed by atoms with Crippen LogP contribution in [0.1, 0.15) is 30.5 Å². The average molecular weight is 392 g/mol. The summed E-state index contributed by atoms with van der Waals surface area (Å²) in [5.74, 6) is -0.414. The molecule has 0 radical (unpaired) electrons. The molecule has 5 heteroatoms. The van der Waals surface area contributed by atoms with Crippen LogP contribution in [0.3, 0.4) is 0 Å². The molecular formula is C21H23Cl2NO2. The van der Waals surface area contributed by atoms with Crippen LogP contribution in [0.5, 0.6) is 0 Å². The summed E-state index contributed by atoms with van der Waals surface area (Å²) in [6, 6.07) is 13.2. The molecule has 0 amide bonds. The maximum Gasteiger partial charge on any atom is 0.331 e. The van der Waals surface area contributed by atoms with Crippen molar-refractivity contribution in [3.63, 3.8) is 0 Å². The first-order valence-electron chi connectivity index (χ1n) is 8.61. The predicted octanol–water partition coefficient (Wildman–Crippen LogP) is 5.59. The van der Waals surface area contributed by atoms with Crippen LogP contribution >= 0.6 is 23.2 Å². The molecule has 0 saturated heterocycles. The number of rotatable bonds is 8. The molecule has 2 aromatic carbocycles. The Morgan fingerprint density at radius 1 is 1.04 bits per heavy atom. The molecule has 0 fully saturated rings. The van der Waals surface area contributed by atoms with Crippen LogP contribution in [0.15, 0.2) is 48.5 Å². The van der Waals surface area contributed by atoms with Crippen molar-refractivity contribution in [3.05, 3.63) is 75.3 Å². The molecule has 0 unspecified atom stereocenters. The maximum atomic E-state index is 11.9. The van der Waals surface area contributed by atoms with Gasteiger partial charge in [0.25, 0.3) is 0 Å². The molecule has 2 rings (SSSR count). The Labute approximate surface area is 165 Å². The topological polar surface area (TPSA) is 29.5 Å². The number of halogens is 2. The molecule has 0 atom stereocenters. The fourth-order valence-electron chi connectivity index (χ4n) is 2.44. The van der Waals surface area contributed by atoms with Gasteiger partial charge in [-0.05, 0) is 48.0 Å². The third kappa shape index (κ3) is 6.49. The van der Waals surface area contributed by atoms with E-state index in [-0.39, 0.29) is 6.61 Å². The molecule has 0 bridgehead atoms. The van der Waals surface area contributed by atoms with Gasteiger partial charge in [-0.3, -0.25) is 4.90 Å². The molecule has 3 nitrogen and oxygen atoms in total. The van der Waals surface area contributed by atoms with Crippen LogP contribution in [-0.4, -0.2) is 24.0 Å². The zero-order valence-electron chi connectivity index (χ0n) is 15.0. The van der Waals surface area contributed by atoms with E-state index in [1.807, 2.05) is 12.1 Å². The lowest BCUT2D eigenvalue weighted by atomic mass is 10.1. The average Bonchev–Trinajstić information content (AvgIpc) is 2.64. The van der Waals surface area contributed by atoms with Crippen molar-refractivity contribution in [1.29, 1.82) is 0 Å². The van der Waals surface area contributed by atoms with E-state index in [4.69, 9.17) is 27.9 Å². The highest BCUT2D eigenvalue weighted by Crippen LogP contribution is 2.22. The Balaban J connectivity index is 1.86. The Bertz CT molecular complexity index is 753. The van der Waals surface area contributed by atoms with E-state index < -0.39 is 5.97 Å². The number of hydrogen-bond donors (Lipinski definition) is 0. The van der Waals surface area contributed by atoms with Crippen LogP contribution in [0.2, 0.25) is 10.0 Å². The molecule has 0 spiro atoms. The fourth-order valence-corrected chi connectivity index (χ4v) is 2.91. The molecule has 0 heterocycles. The van der Waals surface area contributed by atoms with Gasteiger partial charge in [0.2, 0.25) is 0 Å². The van der Waals surface area contributed by atoms with Gasteiger partial charge in [0.15, 0.2) is 0 Å². The normalized spacial score (nSPS) is 11.3. The number of carbonyl (C=O) groups is 1. The molecular weight excluding hydrogens is 369 g/mol. The third-order valence-corrected chi connectivity index (χ3v) is 4.63. The van der Waals surface area contributed by atoms with E-state index in [9.17, 15) is 4.79 Å². The number of ether oxygens (including phenoxy) is 1. The summed E-state index contributed by atoms with van der Waals surface area (Å²) in [6.45, 7) is 7.53. The Morgan fingerprint density at radius 3 is 2.31 bits per heavy atom. The summed E-state index contributed by atoms with van der Waals surface area (Å²) in [5, 5.41) is 1.05. The number of nitrogens with zero attached hydrogens (tertiary/aromatic N) is 1. The van der Waals surface area contributed by atoms with Gasteiger partial charge in [0, 0.05) is 22.7 Å². The summed E-state index contributed by atoms with van der Waals surface area (Å²) in [7, 11) is 0. The minimum Gasteiger partial charge on any atom is -0.458 e. The highest BCUT2D eigenvalue weighted by Gasteiger charge is 2.03. The Morgan fingerprint density at radius 2 is 1.69 bits per heavy atom. The second kappa shape index (κ2) is 10.4. The van der Waals surface area contributed by atoms with Gasteiger partial charge in [0.05, 0.1) is 0 Å². The zero-order valence-corrected chi connectivity index (χ0v) is 16.6. The second-order valence-electron chi connectivity index (χ2n) is 5.88. The summed E-state index contributed by atoms with van der Waals surface area (Å²) in [5.41, 5.74) is 2.93. The van der Waals surface area contributed by atoms with Gasteiger partial charge in [0.1, 0.15) is 6.61 Å². The van der Waals surface area contributed by atoms with Crippen molar-refractivity contribution < 1.29 is 9.53 Å². The summed E-state index contributed by atoms with van der Waals surface area (Å²) in [6.07, 6.45) is 2.98. The minimum atomic E-state index is -0.414. The van der Waals surface area contributed by atoms with Crippen molar-refractivity contribution in [2.75, 3.05) is 13.1 Å². The van der Waals surface area contributed by atoms with Crippen molar-refractivity contribution in [2.45, 2.75) is 27.0 Å². The monoisotopic (exact) mass is 391 g/mol. The number of hydrogen-bond acceptors (Lipinski definition) is 3. The van der Waals surface area contributed by atoms with Crippen molar-refractivity contribution in [2.24, 2.45) is 0 Å². The van der Waals surface area contributed by atoms with E-state index >= 15 is 0 Å². The molecule has 0 aliphatic carbocycles. The van der Waals surface area contributed by atoms with Gasteiger partial charge < -0.3 is 4.74 Å². The Hall–Kier alpha value is -1.81. The highest BCUT2D eigenvalue weighted by atomic mass is 35.5. The van der Waals surface area contributed by atoms with Crippen LogP contribution in [0, 0.1) is 0 Å². The molecule has 26 heavy (non-hydrogen) atoms. The van der Waals surface area contributed by atoms with Crippen LogP contribution < -0.4 is 0 Å². The lowest BCUT2D eigenvalue weighted by Crippen LogP contribution is -2.22. The summed E-state index contributed by atoms with van der Waals surface area (Å²) in [4.78, 5) is 14.2. The van der Waals surface area contributed by atoms with Gasteiger partial charge in [-0.1, -0.05) is 67.4 Å². The van der Waals surface area contributed by atoms with Crippen molar-refractivity contribution in [1.82, 2.24) is 4.90 Å². The molecule has 0 saturated carbocycles. The zero-order chi connectivity index (χ0) is 18.9.